The Morgan fingerprint density at radius 2 is 2.09 bits per heavy atom. The quantitative estimate of drug-likeness (QED) is 0.808. The van der Waals surface area contributed by atoms with E-state index >= 15 is 0 Å². The van der Waals surface area contributed by atoms with E-state index in [1.807, 2.05) is 18.2 Å². The summed E-state index contributed by atoms with van der Waals surface area (Å²) >= 11 is 0. The van der Waals surface area contributed by atoms with E-state index in [9.17, 15) is 4.79 Å². The molecule has 5 nitrogen and oxygen atoms in total. The first-order valence-electron chi connectivity index (χ1n) is 7.82. The van der Waals surface area contributed by atoms with Crippen LogP contribution in [0.15, 0.2) is 41.5 Å². The summed E-state index contributed by atoms with van der Waals surface area (Å²) in [5.74, 6) is 0.648. The van der Waals surface area contributed by atoms with Crippen molar-refractivity contribution >= 4 is 16.7 Å². The van der Waals surface area contributed by atoms with Crippen LogP contribution in [-0.4, -0.2) is 20.6 Å². The van der Waals surface area contributed by atoms with E-state index in [1.54, 1.807) is 13.4 Å². The van der Waals surface area contributed by atoms with Crippen molar-refractivity contribution in [3.63, 3.8) is 0 Å². The lowest BCUT2D eigenvalue weighted by Gasteiger charge is -2.11. The van der Waals surface area contributed by atoms with Crippen LogP contribution < -0.4 is 10.9 Å². The Bertz CT molecular complexity index is 957. The van der Waals surface area contributed by atoms with Gasteiger partial charge in [0.05, 0.1) is 17.5 Å². The van der Waals surface area contributed by atoms with Gasteiger partial charge in [0.2, 0.25) is 0 Å². The van der Waals surface area contributed by atoms with Gasteiger partial charge in [0.25, 0.3) is 5.56 Å². The SMILES string of the molecule is Cc1cccc(-c2cc3ncn(C)c(=O)c3c(NC3CC3)n2)c1. The van der Waals surface area contributed by atoms with Crippen molar-refractivity contribution in [3.8, 4) is 11.3 Å². The number of aryl methyl sites for hydroxylation is 2. The Labute approximate surface area is 134 Å². The van der Waals surface area contributed by atoms with Crippen molar-refractivity contribution in [2.75, 3.05) is 5.32 Å². The van der Waals surface area contributed by atoms with Crippen LogP contribution in [-0.2, 0) is 7.05 Å². The summed E-state index contributed by atoms with van der Waals surface area (Å²) in [6.45, 7) is 2.06. The Hall–Kier alpha value is -2.69. The fourth-order valence-electron chi connectivity index (χ4n) is 2.70. The lowest BCUT2D eigenvalue weighted by molar-refractivity contribution is 0.842. The molecule has 116 valence electrons. The minimum Gasteiger partial charge on any atom is -0.367 e. The molecule has 0 aliphatic heterocycles. The van der Waals surface area contributed by atoms with Gasteiger partial charge in [-0.25, -0.2) is 9.97 Å². The maximum atomic E-state index is 12.5. The van der Waals surface area contributed by atoms with Crippen molar-refractivity contribution < 1.29 is 0 Å². The fourth-order valence-corrected chi connectivity index (χ4v) is 2.70. The number of fused-ring (bicyclic) bond motifs is 1. The van der Waals surface area contributed by atoms with Crippen molar-refractivity contribution in [1.29, 1.82) is 0 Å². The van der Waals surface area contributed by atoms with Crippen LogP contribution in [0.1, 0.15) is 18.4 Å². The minimum atomic E-state index is -0.0681. The smallest absolute Gasteiger partial charge is 0.264 e. The molecule has 1 fully saturated rings. The van der Waals surface area contributed by atoms with Gasteiger partial charge in [-0.1, -0.05) is 23.8 Å². The van der Waals surface area contributed by atoms with Gasteiger partial charge >= 0.3 is 0 Å². The Morgan fingerprint density at radius 1 is 1.26 bits per heavy atom. The van der Waals surface area contributed by atoms with Gasteiger partial charge < -0.3 is 9.88 Å². The Kier molecular flexibility index (Phi) is 3.15. The first-order valence-corrected chi connectivity index (χ1v) is 7.82. The molecule has 1 saturated carbocycles. The van der Waals surface area contributed by atoms with E-state index in [-0.39, 0.29) is 5.56 Å². The topological polar surface area (TPSA) is 59.8 Å². The van der Waals surface area contributed by atoms with Gasteiger partial charge in [0, 0.05) is 18.7 Å². The number of hydrogen-bond donors (Lipinski definition) is 1. The van der Waals surface area contributed by atoms with Crippen LogP contribution in [0.25, 0.3) is 22.2 Å². The molecule has 2 heterocycles. The number of pyridine rings is 1. The molecule has 0 unspecified atom stereocenters. The third-order valence-electron chi connectivity index (χ3n) is 4.13. The summed E-state index contributed by atoms with van der Waals surface area (Å²) < 4.78 is 1.49. The summed E-state index contributed by atoms with van der Waals surface area (Å²) in [6.07, 6.45) is 3.81. The van der Waals surface area contributed by atoms with Crippen LogP contribution in [0.5, 0.6) is 0 Å². The Morgan fingerprint density at radius 3 is 2.83 bits per heavy atom. The molecule has 1 aromatic carbocycles. The lowest BCUT2D eigenvalue weighted by atomic mass is 10.1. The number of nitrogens with zero attached hydrogens (tertiary/aromatic N) is 3. The molecule has 1 aliphatic carbocycles. The standard InChI is InChI=1S/C18H18N4O/c1-11-4-3-5-12(8-11)14-9-15-16(18(23)22(2)10-19-15)17(21-14)20-13-6-7-13/h3-5,8-10,13H,6-7H2,1-2H3,(H,20,21). The maximum Gasteiger partial charge on any atom is 0.264 e. The van der Waals surface area contributed by atoms with Gasteiger partial charge in [0.1, 0.15) is 11.2 Å². The van der Waals surface area contributed by atoms with Crippen LogP contribution >= 0.6 is 0 Å². The first-order chi connectivity index (χ1) is 11.1. The zero-order valence-corrected chi connectivity index (χ0v) is 13.2. The van der Waals surface area contributed by atoms with E-state index in [0.29, 0.717) is 22.8 Å². The first kappa shape index (κ1) is 13.9. The number of hydrogen-bond acceptors (Lipinski definition) is 4. The van der Waals surface area contributed by atoms with E-state index in [4.69, 9.17) is 4.98 Å². The molecule has 1 N–H and O–H groups in total. The lowest BCUT2D eigenvalue weighted by Crippen LogP contribution is -2.19. The van der Waals surface area contributed by atoms with Gasteiger partial charge in [0.15, 0.2) is 0 Å². The summed E-state index contributed by atoms with van der Waals surface area (Å²) in [6, 6.07) is 10.5. The summed E-state index contributed by atoms with van der Waals surface area (Å²) in [5.41, 5.74) is 3.67. The van der Waals surface area contributed by atoms with Crippen LogP contribution in [0.4, 0.5) is 5.82 Å². The molecule has 5 heteroatoms. The molecule has 1 aliphatic rings. The predicted molar refractivity (Wildman–Crippen MR) is 91.6 cm³/mol. The minimum absolute atomic E-state index is 0.0681. The number of rotatable bonds is 3. The highest BCUT2D eigenvalue weighted by Crippen LogP contribution is 2.29. The van der Waals surface area contributed by atoms with Crippen molar-refractivity contribution in [1.82, 2.24) is 14.5 Å². The van der Waals surface area contributed by atoms with Crippen LogP contribution in [0.2, 0.25) is 0 Å². The second kappa shape index (κ2) is 5.19. The highest BCUT2D eigenvalue weighted by Gasteiger charge is 2.24. The number of anilines is 1. The van der Waals surface area contributed by atoms with Gasteiger partial charge in [-0.3, -0.25) is 4.79 Å². The van der Waals surface area contributed by atoms with Crippen LogP contribution in [0.3, 0.4) is 0 Å². The molecular formula is C18H18N4O. The molecular weight excluding hydrogens is 288 g/mol. The second-order valence-electron chi connectivity index (χ2n) is 6.20. The number of benzene rings is 1. The molecule has 0 spiro atoms. The number of nitrogens with one attached hydrogen (secondary N) is 1. The van der Waals surface area contributed by atoms with Gasteiger partial charge in [-0.15, -0.1) is 0 Å². The molecule has 23 heavy (non-hydrogen) atoms. The fraction of sp³-hybridized carbons (Fsp3) is 0.278. The second-order valence-corrected chi connectivity index (χ2v) is 6.20. The molecule has 0 atom stereocenters. The molecule has 3 aromatic rings. The summed E-state index contributed by atoms with van der Waals surface area (Å²) in [4.78, 5) is 21.6. The van der Waals surface area contributed by atoms with E-state index in [2.05, 4.69) is 29.4 Å². The zero-order valence-electron chi connectivity index (χ0n) is 13.2. The highest BCUT2D eigenvalue weighted by atomic mass is 16.1. The van der Waals surface area contributed by atoms with E-state index in [0.717, 1.165) is 24.1 Å². The van der Waals surface area contributed by atoms with Gasteiger partial charge in [-0.05, 0) is 31.9 Å². The average Bonchev–Trinajstić information content (AvgIpc) is 3.34. The zero-order chi connectivity index (χ0) is 16.0. The molecule has 4 rings (SSSR count). The molecule has 0 radical (unpaired) electrons. The maximum absolute atomic E-state index is 12.5. The predicted octanol–water partition coefficient (Wildman–Crippen LogP) is 2.88. The third-order valence-corrected chi connectivity index (χ3v) is 4.13. The van der Waals surface area contributed by atoms with E-state index in [1.165, 1.54) is 10.1 Å². The molecule has 0 amide bonds. The monoisotopic (exact) mass is 306 g/mol. The Balaban J connectivity index is 1.96. The molecule has 0 bridgehead atoms. The third kappa shape index (κ3) is 2.59. The van der Waals surface area contributed by atoms with Crippen molar-refractivity contribution in [2.45, 2.75) is 25.8 Å². The largest absolute Gasteiger partial charge is 0.367 e. The number of aromatic nitrogens is 3. The van der Waals surface area contributed by atoms with E-state index < -0.39 is 0 Å². The summed E-state index contributed by atoms with van der Waals surface area (Å²) in [7, 11) is 1.71. The highest BCUT2D eigenvalue weighted by molar-refractivity contribution is 5.91. The van der Waals surface area contributed by atoms with Crippen molar-refractivity contribution in [3.05, 3.63) is 52.6 Å². The van der Waals surface area contributed by atoms with Crippen molar-refractivity contribution in [2.24, 2.45) is 7.05 Å². The van der Waals surface area contributed by atoms with Gasteiger partial charge in [-0.2, -0.15) is 0 Å². The molecule has 0 saturated heterocycles. The normalized spacial score (nSPS) is 14.2. The molecule has 2 aromatic heterocycles. The average molecular weight is 306 g/mol. The summed E-state index contributed by atoms with van der Waals surface area (Å²) in [5, 5.41) is 3.96. The van der Waals surface area contributed by atoms with Crippen LogP contribution in [0, 0.1) is 6.92 Å².